The number of anilines is 1. The Labute approximate surface area is 164 Å². The van der Waals surface area contributed by atoms with Crippen LogP contribution in [-0.4, -0.2) is 77.7 Å². The molecule has 1 aromatic heterocycles. The maximum absolute atomic E-state index is 12.1. The summed E-state index contributed by atoms with van der Waals surface area (Å²) in [7, 11) is 0. The molecule has 0 radical (unpaired) electrons. The number of ether oxygens (including phenoxy) is 1. The number of aliphatic carboxylic acids is 1. The summed E-state index contributed by atoms with van der Waals surface area (Å²) >= 11 is 0. The van der Waals surface area contributed by atoms with Gasteiger partial charge in [0, 0.05) is 44.0 Å². The van der Waals surface area contributed by atoms with Gasteiger partial charge in [-0.15, -0.1) is 12.4 Å². The van der Waals surface area contributed by atoms with Crippen molar-refractivity contribution >= 4 is 36.2 Å². The van der Waals surface area contributed by atoms with Crippen LogP contribution in [0.3, 0.4) is 0 Å². The Morgan fingerprint density at radius 2 is 2.00 bits per heavy atom. The number of carbonyl (C=O) groups is 2. The molecule has 0 bridgehead atoms. The van der Waals surface area contributed by atoms with Crippen molar-refractivity contribution < 1.29 is 19.4 Å². The molecule has 8 nitrogen and oxygen atoms in total. The Bertz CT molecular complexity index is 692. The molecule has 9 heteroatoms. The van der Waals surface area contributed by atoms with Crippen molar-refractivity contribution in [2.45, 2.75) is 13.0 Å². The molecule has 0 unspecified atom stereocenters. The third-order valence-electron chi connectivity index (χ3n) is 4.48. The predicted molar refractivity (Wildman–Crippen MR) is 104 cm³/mol. The van der Waals surface area contributed by atoms with Crippen LogP contribution in [-0.2, 0) is 20.9 Å². The third-order valence-corrected chi connectivity index (χ3v) is 4.48. The van der Waals surface area contributed by atoms with Crippen molar-refractivity contribution in [3.8, 4) is 0 Å². The lowest BCUT2D eigenvalue weighted by Gasteiger charge is -2.27. The number of rotatable bonds is 6. The van der Waals surface area contributed by atoms with Crippen molar-refractivity contribution in [2.75, 3.05) is 51.3 Å². The third kappa shape index (κ3) is 6.59. The van der Waals surface area contributed by atoms with Crippen molar-refractivity contribution in [1.82, 2.24) is 14.8 Å². The zero-order valence-corrected chi connectivity index (χ0v) is 15.9. The van der Waals surface area contributed by atoms with Gasteiger partial charge in [-0.25, -0.2) is 9.78 Å². The van der Waals surface area contributed by atoms with Gasteiger partial charge in [0.05, 0.1) is 19.8 Å². The number of carboxylic acids is 1. The molecule has 1 amide bonds. The monoisotopic (exact) mass is 396 g/mol. The number of fused-ring (bicyclic) bond motifs is 1. The standard InChI is InChI=1S/C18H24N4O4.ClH/c23-16-13-22(5-1-4-21-6-8-26-9-7-21)12-15-10-14(2-3-17(24)25)11-19-18(15)20-16;/h2-3,10-11H,1,4-9,12-13H2,(H,24,25)(H,19,20,23);1H. The van der Waals surface area contributed by atoms with E-state index < -0.39 is 5.97 Å². The fourth-order valence-electron chi connectivity index (χ4n) is 3.19. The number of nitrogens with zero attached hydrogens (tertiary/aromatic N) is 3. The highest BCUT2D eigenvalue weighted by Crippen LogP contribution is 2.20. The van der Waals surface area contributed by atoms with E-state index in [0.29, 0.717) is 24.5 Å². The van der Waals surface area contributed by atoms with Crippen LogP contribution in [0.15, 0.2) is 18.3 Å². The minimum absolute atomic E-state index is 0. The van der Waals surface area contributed by atoms with Crippen LogP contribution in [0.4, 0.5) is 5.82 Å². The van der Waals surface area contributed by atoms with Gasteiger partial charge in [0.15, 0.2) is 0 Å². The van der Waals surface area contributed by atoms with Crippen LogP contribution >= 0.6 is 12.4 Å². The first-order valence-corrected chi connectivity index (χ1v) is 8.82. The summed E-state index contributed by atoms with van der Waals surface area (Å²) in [6.45, 7) is 6.26. The topological polar surface area (TPSA) is 95.0 Å². The second-order valence-electron chi connectivity index (χ2n) is 6.51. The average Bonchev–Trinajstić information content (AvgIpc) is 2.78. The van der Waals surface area contributed by atoms with Crippen molar-refractivity contribution in [3.05, 3.63) is 29.5 Å². The molecule has 148 valence electrons. The average molecular weight is 397 g/mol. The van der Waals surface area contributed by atoms with E-state index >= 15 is 0 Å². The first-order valence-electron chi connectivity index (χ1n) is 8.82. The number of carbonyl (C=O) groups excluding carboxylic acids is 1. The molecule has 2 aliphatic rings. The minimum Gasteiger partial charge on any atom is -0.478 e. The highest BCUT2D eigenvalue weighted by atomic mass is 35.5. The molecule has 0 aliphatic carbocycles. The highest BCUT2D eigenvalue weighted by molar-refractivity contribution is 5.93. The largest absolute Gasteiger partial charge is 0.478 e. The Hall–Kier alpha value is -2.00. The van der Waals surface area contributed by atoms with Gasteiger partial charge < -0.3 is 15.2 Å². The molecule has 0 aromatic carbocycles. The van der Waals surface area contributed by atoms with E-state index in [9.17, 15) is 9.59 Å². The van der Waals surface area contributed by atoms with Crippen LogP contribution < -0.4 is 5.32 Å². The van der Waals surface area contributed by atoms with Crippen molar-refractivity contribution in [3.63, 3.8) is 0 Å². The van der Waals surface area contributed by atoms with E-state index in [2.05, 4.69) is 20.1 Å². The van der Waals surface area contributed by atoms with Crippen molar-refractivity contribution in [1.29, 1.82) is 0 Å². The summed E-state index contributed by atoms with van der Waals surface area (Å²) in [6, 6.07) is 1.88. The number of hydrogen-bond donors (Lipinski definition) is 2. The lowest BCUT2D eigenvalue weighted by molar-refractivity contribution is -0.131. The molecule has 1 saturated heterocycles. The van der Waals surface area contributed by atoms with E-state index in [1.54, 1.807) is 6.20 Å². The summed E-state index contributed by atoms with van der Waals surface area (Å²) in [4.78, 5) is 31.5. The fraction of sp³-hybridized carbons (Fsp3) is 0.500. The molecule has 1 fully saturated rings. The molecule has 1 aromatic rings. The van der Waals surface area contributed by atoms with Gasteiger partial charge in [-0.3, -0.25) is 14.6 Å². The number of morpholine rings is 1. The zero-order valence-electron chi connectivity index (χ0n) is 15.1. The molecule has 2 aliphatic heterocycles. The summed E-state index contributed by atoms with van der Waals surface area (Å²) < 4.78 is 5.36. The Morgan fingerprint density at radius 3 is 2.74 bits per heavy atom. The zero-order chi connectivity index (χ0) is 18.4. The Kier molecular flexibility index (Phi) is 8.18. The smallest absolute Gasteiger partial charge is 0.328 e. The summed E-state index contributed by atoms with van der Waals surface area (Å²) in [5.41, 5.74) is 1.60. The number of hydrogen-bond acceptors (Lipinski definition) is 6. The van der Waals surface area contributed by atoms with Gasteiger partial charge in [0.25, 0.3) is 0 Å². The van der Waals surface area contributed by atoms with Crippen LogP contribution in [0, 0.1) is 0 Å². The first-order chi connectivity index (χ1) is 12.6. The van der Waals surface area contributed by atoms with E-state index in [0.717, 1.165) is 57.5 Å². The van der Waals surface area contributed by atoms with Gasteiger partial charge in [-0.1, -0.05) is 0 Å². The van der Waals surface area contributed by atoms with Crippen LogP contribution in [0.25, 0.3) is 6.08 Å². The first kappa shape index (κ1) is 21.3. The van der Waals surface area contributed by atoms with Crippen molar-refractivity contribution in [2.24, 2.45) is 0 Å². The number of carboxylic acid groups (broad SMARTS) is 1. The number of pyridine rings is 1. The molecule has 0 saturated carbocycles. The van der Waals surface area contributed by atoms with Crippen LogP contribution in [0.1, 0.15) is 17.5 Å². The number of halogens is 1. The normalized spacial score (nSPS) is 18.4. The molecule has 27 heavy (non-hydrogen) atoms. The molecule has 0 atom stereocenters. The summed E-state index contributed by atoms with van der Waals surface area (Å²) in [5.74, 6) is -0.521. The molecule has 0 spiro atoms. The second kappa shape index (κ2) is 10.4. The molecular formula is C18H25ClN4O4. The highest BCUT2D eigenvalue weighted by Gasteiger charge is 2.20. The SMILES string of the molecule is Cl.O=C(O)C=Cc1cnc2c(c1)CN(CCCN1CCOCC1)CC(=O)N2. The molecule has 3 rings (SSSR count). The van der Waals surface area contributed by atoms with Gasteiger partial charge in [-0.2, -0.15) is 0 Å². The molecule has 3 heterocycles. The van der Waals surface area contributed by atoms with Gasteiger partial charge in [-0.05, 0) is 30.7 Å². The van der Waals surface area contributed by atoms with E-state index in [-0.39, 0.29) is 18.3 Å². The number of nitrogens with one attached hydrogen (secondary N) is 1. The fourth-order valence-corrected chi connectivity index (χ4v) is 3.19. The molecule has 2 N–H and O–H groups in total. The quantitative estimate of drug-likeness (QED) is 0.694. The van der Waals surface area contributed by atoms with E-state index in [1.165, 1.54) is 6.08 Å². The van der Waals surface area contributed by atoms with Gasteiger partial charge in [0.1, 0.15) is 5.82 Å². The lowest BCUT2D eigenvalue weighted by Crippen LogP contribution is -2.38. The van der Waals surface area contributed by atoms with Gasteiger partial charge in [0.2, 0.25) is 5.91 Å². The number of aromatic nitrogens is 1. The lowest BCUT2D eigenvalue weighted by atomic mass is 10.1. The Morgan fingerprint density at radius 1 is 1.26 bits per heavy atom. The predicted octanol–water partition coefficient (Wildman–Crippen LogP) is 1.08. The maximum atomic E-state index is 12.1. The maximum Gasteiger partial charge on any atom is 0.328 e. The van der Waals surface area contributed by atoms with Crippen LogP contribution in [0.5, 0.6) is 0 Å². The second-order valence-corrected chi connectivity index (χ2v) is 6.51. The summed E-state index contributed by atoms with van der Waals surface area (Å²) in [5, 5.41) is 11.6. The van der Waals surface area contributed by atoms with Gasteiger partial charge >= 0.3 is 5.97 Å². The Balaban J connectivity index is 0.00000261. The minimum atomic E-state index is -1.00. The van der Waals surface area contributed by atoms with E-state index in [1.807, 2.05) is 6.07 Å². The summed E-state index contributed by atoms with van der Waals surface area (Å²) in [6.07, 6.45) is 5.13. The van der Waals surface area contributed by atoms with Crippen LogP contribution in [0.2, 0.25) is 0 Å². The number of amides is 1. The van der Waals surface area contributed by atoms with E-state index in [4.69, 9.17) is 9.84 Å². The molecular weight excluding hydrogens is 372 g/mol.